The molecule has 1 saturated carbocycles. The number of azide groups is 1. The van der Waals surface area contributed by atoms with E-state index in [0.717, 1.165) is 11.8 Å². The molecule has 3 heteroatoms. The van der Waals surface area contributed by atoms with Crippen LogP contribution in [0, 0.1) is 24.2 Å². The van der Waals surface area contributed by atoms with E-state index in [4.69, 9.17) is 5.53 Å². The van der Waals surface area contributed by atoms with E-state index in [9.17, 15) is 0 Å². The van der Waals surface area contributed by atoms with Crippen molar-refractivity contribution in [3.8, 4) is 0 Å². The van der Waals surface area contributed by atoms with Gasteiger partial charge in [-0.05, 0) is 42.5 Å². The summed E-state index contributed by atoms with van der Waals surface area (Å²) >= 11 is 0. The van der Waals surface area contributed by atoms with Crippen molar-refractivity contribution in [2.45, 2.75) is 12.8 Å². The van der Waals surface area contributed by atoms with Gasteiger partial charge in [-0.2, -0.15) is 0 Å². The van der Waals surface area contributed by atoms with E-state index in [1.807, 2.05) is 0 Å². The van der Waals surface area contributed by atoms with Crippen molar-refractivity contribution in [1.82, 2.24) is 0 Å². The van der Waals surface area contributed by atoms with Gasteiger partial charge in [-0.25, -0.2) is 0 Å². The Balaban J connectivity index is 1.83. The van der Waals surface area contributed by atoms with Crippen molar-refractivity contribution in [3.05, 3.63) is 29.0 Å². The smallest absolute Gasteiger partial charge is 0.0291 e. The van der Waals surface area contributed by atoms with E-state index in [2.05, 4.69) is 28.6 Å². The van der Waals surface area contributed by atoms with Crippen molar-refractivity contribution in [1.29, 1.82) is 0 Å². The summed E-state index contributed by atoms with van der Waals surface area (Å²) in [7, 11) is 0. The third kappa shape index (κ3) is 1.32. The van der Waals surface area contributed by atoms with Gasteiger partial charge in [-0.3, -0.25) is 0 Å². The second-order valence-electron chi connectivity index (χ2n) is 3.59. The van der Waals surface area contributed by atoms with Crippen LogP contribution in [-0.4, -0.2) is 6.54 Å². The van der Waals surface area contributed by atoms with Gasteiger partial charge in [0.2, 0.25) is 0 Å². The molecule has 0 amide bonds. The molecule has 3 unspecified atom stereocenters. The average molecular weight is 162 g/mol. The zero-order valence-corrected chi connectivity index (χ0v) is 6.93. The molecular formula is C9H12N3. The number of rotatable bonds is 3. The van der Waals surface area contributed by atoms with E-state index >= 15 is 0 Å². The first-order valence-electron chi connectivity index (χ1n) is 4.42. The predicted molar refractivity (Wildman–Crippen MR) is 47.2 cm³/mol. The summed E-state index contributed by atoms with van der Waals surface area (Å²) in [5, 5.41) is 3.52. The Labute approximate surface area is 72.1 Å². The van der Waals surface area contributed by atoms with Crippen LogP contribution in [0.3, 0.4) is 0 Å². The van der Waals surface area contributed by atoms with Crippen molar-refractivity contribution in [3.63, 3.8) is 0 Å². The van der Waals surface area contributed by atoms with Crippen LogP contribution in [0.4, 0.5) is 0 Å². The van der Waals surface area contributed by atoms with Gasteiger partial charge in [0.15, 0.2) is 0 Å². The number of hydrogen-bond donors (Lipinski definition) is 0. The minimum atomic E-state index is 0.554. The largest absolute Gasteiger partial charge is 0.0937 e. The standard InChI is InChI=1S/C9H12N3/c10-12-11-4-3-9-6-7-1-2-8(9)5-7/h1-3,7-9H,4-6H2. The zero-order chi connectivity index (χ0) is 8.39. The lowest BCUT2D eigenvalue weighted by molar-refractivity contribution is 0.506. The molecule has 0 saturated heterocycles. The summed E-state index contributed by atoms with van der Waals surface area (Å²) in [5.41, 5.74) is 8.10. The molecule has 63 valence electrons. The summed E-state index contributed by atoms with van der Waals surface area (Å²) in [5.74, 6) is 2.22. The molecule has 2 aliphatic carbocycles. The number of nitrogens with zero attached hydrogens (tertiary/aromatic N) is 3. The van der Waals surface area contributed by atoms with Crippen LogP contribution in [0.5, 0.6) is 0 Å². The molecule has 0 aromatic carbocycles. The molecule has 3 atom stereocenters. The first-order chi connectivity index (χ1) is 5.90. The molecule has 0 N–H and O–H groups in total. The van der Waals surface area contributed by atoms with Crippen LogP contribution in [-0.2, 0) is 0 Å². The average Bonchev–Trinajstić information content (AvgIpc) is 2.65. The molecule has 2 bridgehead atoms. The maximum Gasteiger partial charge on any atom is 0.0291 e. The number of fused-ring (bicyclic) bond motifs is 2. The maximum atomic E-state index is 8.10. The van der Waals surface area contributed by atoms with E-state index in [1.54, 1.807) is 0 Å². The third-order valence-corrected chi connectivity index (χ3v) is 2.88. The molecule has 2 rings (SSSR count). The Morgan fingerprint density at radius 2 is 2.42 bits per heavy atom. The van der Waals surface area contributed by atoms with Crippen molar-refractivity contribution >= 4 is 0 Å². The van der Waals surface area contributed by atoms with Crippen LogP contribution in [0.1, 0.15) is 12.8 Å². The Bertz CT molecular complexity index is 240. The highest BCUT2D eigenvalue weighted by atomic mass is 15.1. The van der Waals surface area contributed by atoms with Gasteiger partial charge in [0.05, 0.1) is 0 Å². The zero-order valence-electron chi connectivity index (χ0n) is 6.93. The molecule has 0 aromatic rings. The highest BCUT2D eigenvalue weighted by Crippen LogP contribution is 2.44. The summed E-state index contributed by atoms with van der Waals surface area (Å²) < 4.78 is 0. The van der Waals surface area contributed by atoms with Gasteiger partial charge in [-0.1, -0.05) is 17.3 Å². The normalized spacial score (nSPS) is 36.8. The van der Waals surface area contributed by atoms with Crippen LogP contribution >= 0.6 is 0 Å². The van der Waals surface area contributed by atoms with Crippen molar-refractivity contribution < 1.29 is 0 Å². The van der Waals surface area contributed by atoms with Gasteiger partial charge in [-0.15, -0.1) is 0 Å². The minimum Gasteiger partial charge on any atom is -0.0937 e. The van der Waals surface area contributed by atoms with E-state index < -0.39 is 0 Å². The Morgan fingerprint density at radius 3 is 3.00 bits per heavy atom. The second kappa shape index (κ2) is 3.20. The molecule has 1 radical (unpaired) electrons. The van der Waals surface area contributed by atoms with Crippen LogP contribution in [0.15, 0.2) is 17.3 Å². The number of allylic oxidation sites excluding steroid dienone is 2. The van der Waals surface area contributed by atoms with Gasteiger partial charge in [0, 0.05) is 11.5 Å². The predicted octanol–water partition coefficient (Wildman–Crippen LogP) is 2.71. The van der Waals surface area contributed by atoms with Crippen molar-refractivity contribution in [2.75, 3.05) is 6.54 Å². The Hall–Kier alpha value is -0.950. The fourth-order valence-corrected chi connectivity index (χ4v) is 2.31. The monoisotopic (exact) mass is 162 g/mol. The van der Waals surface area contributed by atoms with Crippen molar-refractivity contribution in [2.24, 2.45) is 22.9 Å². The molecule has 1 fully saturated rings. The molecule has 3 nitrogen and oxygen atoms in total. The fraction of sp³-hybridized carbons (Fsp3) is 0.667. The number of hydrogen-bond acceptors (Lipinski definition) is 1. The lowest BCUT2D eigenvalue weighted by Gasteiger charge is -2.15. The minimum absolute atomic E-state index is 0.554. The van der Waals surface area contributed by atoms with Gasteiger partial charge in [0.25, 0.3) is 0 Å². The van der Waals surface area contributed by atoms with E-state index in [1.165, 1.54) is 12.8 Å². The lowest BCUT2D eigenvalue weighted by atomic mass is 9.91. The van der Waals surface area contributed by atoms with Crippen LogP contribution in [0.2, 0.25) is 0 Å². The van der Waals surface area contributed by atoms with Crippen LogP contribution in [0.25, 0.3) is 10.4 Å². The Kier molecular flexibility index (Phi) is 2.05. The first kappa shape index (κ1) is 7.69. The van der Waals surface area contributed by atoms with Gasteiger partial charge in [0.1, 0.15) is 0 Å². The summed E-state index contributed by atoms with van der Waals surface area (Å²) in [6.45, 7) is 0.554. The summed E-state index contributed by atoms with van der Waals surface area (Å²) in [6, 6.07) is 0. The van der Waals surface area contributed by atoms with E-state index in [0.29, 0.717) is 12.5 Å². The third-order valence-electron chi connectivity index (χ3n) is 2.88. The molecule has 12 heavy (non-hydrogen) atoms. The molecular weight excluding hydrogens is 150 g/mol. The highest BCUT2D eigenvalue weighted by Gasteiger charge is 2.34. The SMILES string of the molecule is [N-]=[N+]=NC[CH]C1CC2C=CC1C2. The summed E-state index contributed by atoms with van der Waals surface area (Å²) in [6.07, 6.45) is 9.38. The second-order valence-corrected chi connectivity index (χ2v) is 3.59. The first-order valence-corrected chi connectivity index (χ1v) is 4.42. The van der Waals surface area contributed by atoms with Crippen LogP contribution < -0.4 is 0 Å². The molecule has 0 aliphatic heterocycles. The molecule has 0 heterocycles. The topological polar surface area (TPSA) is 48.8 Å². The fourth-order valence-electron chi connectivity index (χ4n) is 2.31. The quantitative estimate of drug-likeness (QED) is 0.265. The highest BCUT2D eigenvalue weighted by molar-refractivity contribution is 5.12. The molecule has 0 spiro atoms. The Morgan fingerprint density at radius 1 is 1.50 bits per heavy atom. The lowest BCUT2D eigenvalue weighted by Crippen LogP contribution is -2.08. The summed E-state index contributed by atoms with van der Waals surface area (Å²) in [4.78, 5) is 2.73. The van der Waals surface area contributed by atoms with Gasteiger partial charge < -0.3 is 0 Å². The van der Waals surface area contributed by atoms with E-state index in [-0.39, 0.29) is 0 Å². The molecule has 2 aliphatic rings. The van der Waals surface area contributed by atoms with Gasteiger partial charge >= 0.3 is 0 Å². The molecule has 0 aromatic heterocycles. The maximum absolute atomic E-state index is 8.10.